The Hall–Kier alpha value is -4.78. The van der Waals surface area contributed by atoms with Crippen LogP contribution in [0.4, 0.5) is 18.9 Å². The Balaban J connectivity index is 1.37. The van der Waals surface area contributed by atoms with Crippen LogP contribution in [0.3, 0.4) is 0 Å². The molecular formula is C25H16F3N5O4S. The first kappa shape index (κ1) is 24.9. The smallest absolute Gasteiger partial charge is 0.438 e. The highest BCUT2D eigenvalue weighted by atomic mass is 32.1. The second-order valence-electron chi connectivity index (χ2n) is 7.84. The SMILES string of the molecule is Cc1cc(=O)n(-c2ccccc2OC(F)(F)F)nc1C(=O)Nc1ccc(Oc2ncnc3sccc23)cc1. The molecule has 0 unspecified atom stereocenters. The third-order valence-electron chi connectivity index (χ3n) is 5.21. The molecule has 0 aliphatic carbocycles. The third kappa shape index (κ3) is 5.32. The van der Waals surface area contributed by atoms with Gasteiger partial charge in [-0.25, -0.2) is 9.97 Å². The van der Waals surface area contributed by atoms with Gasteiger partial charge in [-0.1, -0.05) is 12.1 Å². The molecule has 0 saturated carbocycles. The number of alkyl halides is 3. The first-order valence-electron chi connectivity index (χ1n) is 10.9. The molecule has 2 aromatic carbocycles. The topological polar surface area (TPSA) is 108 Å². The van der Waals surface area contributed by atoms with Crippen molar-refractivity contribution in [1.29, 1.82) is 0 Å². The van der Waals surface area contributed by atoms with Gasteiger partial charge in [-0.15, -0.1) is 24.5 Å². The second kappa shape index (κ2) is 9.94. The van der Waals surface area contributed by atoms with Gasteiger partial charge in [0.25, 0.3) is 11.5 Å². The minimum absolute atomic E-state index is 0.160. The summed E-state index contributed by atoms with van der Waals surface area (Å²) in [7, 11) is 0. The molecule has 0 saturated heterocycles. The predicted molar refractivity (Wildman–Crippen MR) is 133 cm³/mol. The fourth-order valence-corrected chi connectivity index (χ4v) is 4.26. The lowest BCUT2D eigenvalue weighted by Crippen LogP contribution is -2.28. The molecule has 1 N–H and O–H groups in total. The van der Waals surface area contributed by atoms with Crippen LogP contribution >= 0.6 is 11.3 Å². The third-order valence-corrected chi connectivity index (χ3v) is 6.03. The highest BCUT2D eigenvalue weighted by molar-refractivity contribution is 7.16. The summed E-state index contributed by atoms with van der Waals surface area (Å²) in [6.45, 7) is 1.50. The van der Waals surface area contributed by atoms with E-state index < -0.39 is 23.6 Å². The number of aromatic nitrogens is 4. The van der Waals surface area contributed by atoms with E-state index in [0.717, 1.165) is 22.3 Å². The maximum atomic E-state index is 13.0. The largest absolute Gasteiger partial charge is 0.573 e. The number of para-hydroxylation sites is 2. The molecule has 3 heterocycles. The highest BCUT2D eigenvalue weighted by Crippen LogP contribution is 2.30. The number of ether oxygens (including phenoxy) is 2. The van der Waals surface area contributed by atoms with E-state index in [4.69, 9.17) is 4.74 Å². The number of anilines is 1. The standard InChI is InChI=1S/C25H16F3N5O4S/c1-14-12-20(34)33(18-4-2-3-5-19(18)37-25(26,27)28)32-21(14)22(35)31-15-6-8-16(9-7-15)36-23-17-10-11-38-24(17)30-13-29-23/h2-13H,1H3,(H,31,35). The number of nitrogens with zero attached hydrogens (tertiary/aromatic N) is 4. The van der Waals surface area contributed by atoms with E-state index in [1.807, 2.05) is 11.4 Å². The zero-order valence-corrected chi connectivity index (χ0v) is 20.2. The molecule has 192 valence electrons. The Kier molecular flexibility index (Phi) is 6.51. The predicted octanol–water partition coefficient (Wildman–Crippen LogP) is 5.49. The Labute approximate surface area is 216 Å². The quantitative estimate of drug-likeness (QED) is 0.304. The monoisotopic (exact) mass is 539 g/mol. The number of halogens is 3. The number of hydrogen-bond donors (Lipinski definition) is 1. The molecule has 13 heteroatoms. The summed E-state index contributed by atoms with van der Waals surface area (Å²) in [5.74, 6) is -0.443. The van der Waals surface area contributed by atoms with Gasteiger partial charge in [-0.05, 0) is 60.3 Å². The second-order valence-corrected chi connectivity index (χ2v) is 8.73. The van der Waals surface area contributed by atoms with Gasteiger partial charge < -0.3 is 14.8 Å². The number of carbonyl (C=O) groups excluding carboxylic acids is 1. The molecule has 5 aromatic rings. The summed E-state index contributed by atoms with van der Waals surface area (Å²) in [5, 5.41) is 9.34. The van der Waals surface area contributed by atoms with Gasteiger partial charge >= 0.3 is 6.36 Å². The molecule has 38 heavy (non-hydrogen) atoms. The van der Waals surface area contributed by atoms with Crippen LogP contribution in [0.5, 0.6) is 17.4 Å². The summed E-state index contributed by atoms with van der Waals surface area (Å²) in [6, 6.07) is 14.4. The number of nitrogens with one attached hydrogen (secondary N) is 1. The van der Waals surface area contributed by atoms with Crippen molar-refractivity contribution in [1.82, 2.24) is 19.7 Å². The average Bonchev–Trinajstić information content (AvgIpc) is 3.35. The van der Waals surface area contributed by atoms with E-state index in [1.165, 1.54) is 42.8 Å². The van der Waals surface area contributed by atoms with Gasteiger partial charge in [-0.3, -0.25) is 9.59 Å². The minimum atomic E-state index is -4.98. The molecular weight excluding hydrogens is 523 g/mol. The van der Waals surface area contributed by atoms with E-state index >= 15 is 0 Å². The number of rotatable bonds is 6. The van der Waals surface area contributed by atoms with Crippen LogP contribution in [0.1, 0.15) is 16.1 Å². The minimum Gasteiger partial charge on any atom is -0.438 e. The maximum Gasteiger partial charge on any atom is 0.573 e. The van der Waals surface area contributed by atoms with E-state index in [1.54, 1.807) is 24.3 Å². The number of thiophene rings is 1. The molecule has 0 spiro atoms. The molecule has 0 aliphatic rings. The van der Waals surface area contributed by atoms with Crippen molar-refractivity contribution < 1.29 is 27.4 Å². The fraction of sp³-hybridized carbons (Fsp3) is 0.0800. The van der Waals surface area contributed by atoms with Crippen molar-refractivity contribution in [2.75, 3.05) is 5.32 Å². The maximum absolute atomic E-state index is 13.0. The van der Waals surface area contributed by atoms with Gasteiger partial charge in [0.15, 0.2) is 11.4 Å². The number of fused-ring (bicyclic) bond motifs is 1. The Morgan fingerprint density at radius 2 is 1.82 bits per heavy atom. The Bertz CT molecular complexity index is 1700. The van der Waals surface area contributed by atoms with Crippen molar-refractivity contribution in [2.24, 2.45) is 0 Å². The van der Waals surface area contributed by atoms with Crippen LogP contribution in [0.25, 0.3) is 15.9 Å². The van der Waals surface area contributed by atoms with Crippen LogP contribution in [0, 0.1) is 6.92 Å². The molecule has 3 aromatic heterocycles. The molecule has 1 amide bonds. The Morgan fingerprint density at radius 1 is 1.05 bits per heavy atom. The summed E-state index contributed by atoms with van der Waals surface area (Å²) in [6.07, 6.45) is -3.57. The molecule has 9 nitrogen and oxygen atoms in total. The molecule has 0 bridgehead atoms. The first-order valence-corrected chi connectivity index (χ1v) is 11.8. The number of hydrogen-bond acceptors (Lipinski definition) is 8. The normalized spacial score (nSPS) is 11.4. The average molecular weight is 539 g/mol. The van der Waals surface area contributed by atoms with Gasteiger partial charge in [0.2, 0.25) is 5.88 Å². The Morgan fingerprint density at radius 3 is 2.58 bits per heavy atom. The van der Waals surface area contributed by atoms with Crippen LogP contribution in [0.2, 0.25) is 0 Å². The van der Waals surface area contributed by atoms with E-state index in [0.29, 0.717) is 22.0 Å². The lowest BCUT2D eigenvalue weighted by atomic mass is 10.2. The van der Waals surface area contributed by atoms with Crippen LogP contribution < -0.4 is 20.3 Å². The number of amides is 1. The summed E-state index contributed by atoms with van der Waals surface area (Å²) in [4.78, 5) is 34.7. The number of aryl methyl sites for hydroxylation is 1. The lowest BCUT2D eigenvalue weighted by molar-refractivity contribution is -0.274. The van der Waals surface area contributed by atoms with Crippen molar-refractivity contribution in [3.05, 3.63) is 94.0 Å². The molecule has 0 aliphatic heterocycles. The van der Waals surface area contributed by atoms with Crippen molar-refractivity contribution in [3.63, 3.8) is 0 Å². The van der Waals surface area contributed by atoms with Gasteiger partial charge in [-0.2, -0.15) is 9.78 Å². The van der Waals surface area contributed by atoms with E-state index in [2.05, 4.69) is 25.1 Å². The number of carbonyl (C=O) groups is 1. The summed E-state index contributed by atoms with van der Waals surface area (Å²) < 4.78 is 49.1. The fourth-order valence-electron chi connectivity index (χ4n) is 3.54. The summed E-state index contributed by atoms with van der Waals surface area (Å²) in [5.41, 5.74) is -0.530. The van der Waals surface area contributed by atoms with Crippen molar-refractivity contribution >= 4 is 33.1 Å². The van der Waals surface area contributed by atoms with E-state index in [9.17, 15) is 22.8 Å². The van der Waals surface area contributed by atoms with Gasteiger partial charge in [0.1, 0.15) is 22.6 Å². The molecule has 0 atom stereocenters. The van der Waals surface area contributed by atoms with E-state index in [-0.39, 0.29) is 16.9 Å². The van der Waals surface area contributed by atoms with Crippen molar-refractivity contribution in [3.8, 4) is 23.1 Å². The molecule has 0 radical (unpaired) electrons. The zero-order chi connectivity index (χ0) is 26.9. The van der Waals surface area contributed by atoms with Crippen LogP contribution in [-0.2, 0) is 0 Å². The molecule has 0 fully saturated rings. The lowest BCUT2D eigenvalue weighted by Gasteiger charge is -2.15. The number of benzene rings is 2. The zero-order valence-electron chi connectivity index (χ0n) is 19.4. The highest BCUT2D eigenvalue weighted by Gasteiger charge is 2.32. The van der Waals surface area contributed by atoms with Gasteiger partial charge in [0.05, 0.1) is 5.39 Å². The molecule has 5 rings (SSSR count). The summed E-state index contributed by atoms with van der Waals surface area (Å²) >= 11 is 1.46. The van der Waals surface area contributed by atoms with Crippen LogP contribution in [0.15, 0.2) is 77.2 Å². The van der Waals surface area contributed by atoms with Gasteiger partial charge in [0, 0.05) is 11.8 Å². The first-order chi connectivity index (χ1) is 18.2. The van der Waals surface area contributed by atoms with Crippen LogP contribution in [-0.4, -0.2) is 32.0 Å². The van der Waals surface area contributed by atoms with Crippen molar-refractivity contribution in [2.45, 2.75) is 13.3 Å².